The van der Waals surface area contributed by atoms with Gasteiger partial charge in [-0.2, -0.15) is 0 Å². The van der Waals surface area contributed by atoms with E-state index in [4.69, 9.17) is 9.94 Å². The average molecular weight is 375 g/mol. The molecular weight excluding hydrogens is 354 g/mol. The van der Waals surface area contributed by atoms with Crippen molar-refractivity contribution in [2.75, 3.05) is 12.1 Å². The van der Waals surface area contributed by atoms with Crippen LogP contribution >= 0.6 is 0 Å². The first kappa shape index (κ1) is 19.3. The van der Waals surface area contributed by atoms with Gasteiger partial charge in [0, 0.05) is 12.6 Å². The Morgan fingerprint density at radius 3 is 1.93 bits per heavy atom. The molecule has 1 unspecified atom stereocenters. The predicted molar refractivity (Wildman–Crippen MR) is 109 cm³/mol. The van der Waals surface area contributed by atoms with Crippen LogP contribution in [0.5, 0.6) is 0 Å². The minimum absolute atomic E-state index is 0.131. The number of carbonyl (C=O) groups is 2. The van der Waals surface area contributed by atoms with Gasteiger partial charge < -0.3 is 5.11 Å². The summed E-state index contributed by atoms with van der Waals surface area (Å²) < 4.78 is 0. The highest BCUT2D eigenvalue weighted by atomic mass is 16.7. The zero-order valence-electron chi connectivity index (χ0n) is 15.7. The molecule has 0 radical (unpaired) electrons. The maximum Gasteiger partial charge on any atom is 0.335 e. The molecule has 0 spiro atoms. The van der Waals surface area contributed by atoms with Crippen molar-refractivity contribution < 1.29 is 19.5 Å². The fourth-order valence-corrected chi connectivity index (χ4v) is 2.85. The van der Waals surface area contributed by atoms with Gasteiger partial charge in [-0.05, 0) is 42.3 Å². The topological polar surface area (TPSA) is 66.8 Å². The predicted octanol–water partition coefficient (Wildman–Crippen LogP) is 4.69. The van der Waals surface area contributed by atoms with E-state index in [2.05, 4.69) is 0 Å². The molecule has 0 fully saturated rings. The van der Waals surface area contributed by atoms with Gasteiger partial charge in [-0.25, -0.2) is 4.79 Å². The lowest BCUT2D eigenvalue weighted by Gasteiger charge is -2.22. The lowest BCUT2D eigenvalue weighted by molar-refractivity contribution is 0.0421. The summed E-state index contributed by atoms with van der Waals surface area (Å²) in [6.45, 7) is 1.69. The number of carbonyl (C=O) groups excluding carboxylic acids is 1. The molecule has 28 heavy (non-hydrogen) atoms. The van der Waals surface area contributed by atoms with E-state index in [1.807, 2.05) is 42.5 Å². The van der Waals surface area contributed by atoms with Crippen LogP contribution in [0.25, 0.3) is 11.1 Å². The van der Waals surface area contributed by atoms with Gasteiger partial charge in [0.15, 0.2) is 5.78 Å². The number of Topliss-reactive ketones (excluding diaryl/α,β-unsaturated/α-hetero) is 1. The molecule has 3 aromatic carbocycles. The van der Waals surface area contributed by atoms with E-state index < -0.39 is 12.1 Å². The molecule has 0 amide bonds. The second-order valence-electron chi connectivity index (χ2n) is 6.40. The van der Waals surface area contributed by atoms with Gasteiger partial charge in [0.25, 0.3) is 0 Å². The Kier molecular flexibility index (Phi) is 5.87. The number of rotatable bonds is 7. The van der Waals surface area contributed by atoms with Crippen LogP contribution in [0.3, 0.4) is 0 Å². The van der Waals surface area contributed by atoms with E-state index in [1.165, 1.54) is 17.2 Å². The van der Waals surface area contributed by atoms with Gasteiger partial charge in [0.05, 0.1) is 11.3 Å². The molecule has 0 bridgehead atoms. The highest BCUT2D eigenvalue weighted by Gasteiger charge is 2.19. The van der Waals surface area contributed by atoms with Crippen LogP contribution in [0, 0.1) is 0 Å². The molecule has 0 aromatic heterocycles. The molecule has 3 aromatic rings. The van der Waals surface area contributed by atoms with Gasteiger partial charge in [-0.1, -0.05) is 54.6 Å². The first-order valence-corrected chi connectivity index (χ1v) is 8.89. The third-order valence-electron chi connectivity index (χ3n) is 4.44. The van der Waals surface area contributed by atoms with Crippen LogP contribution < -0.4 is 5.06 Å². The highest BCUT2D eigenvalue weighted by Crippen LogP contribution is 2.21. The van der Waals surface area contributed by atoms with E-state index in [-0.39, 0.29) is 11.3 Å². The molecule has 0 heterocycles. The number of hydroxylamine groups is 1. The maximum atomic E-state index is 12.7. The largest absolute Gasteiger partial charge is 0.478 e. The summed E-state index contributed by atoms with van der Waals surface area (Å²) in [5.74, 6) is -1.12. The van der Waals surface area contributed by atoms with Gasteiger partial charge >= 0.3 is 5.97 Å². The summed E-state index contributed by atoms with van der Waals surface area (Å²) in [7, 11) is 1.68. The molecule has 1 N–H and O–H groups in total. The van der Waals surface area contributed by atoms with Crippen molar-refractivity contribution in [3.05, 3.63) is 90.0 Å². The number of hydrogen-bond donors (Lipinski definition) is 1. The van der Waals surface area contributed by atoms with Crippen molar-refractivity contribution >= 4 is 17.4 Å². The smallest absolute Gasteiger partial charge is 0.335 e. The summed E-state index contributed by atoms with van der Waals surface area (Å²) in [6.07, 6.45) is -0.688. The van der Waals surface area contributed by atoms with Crippen molar-refractivity contribution in [1.82, 2.24) is 0 Å². The summed E-state index contributed by atoms with van der Waals surface area (Å²) >= 11 is 0. The Bertz CT molecular complexity index is 950. The Hall–Kier alpha value is -3.44. The monoisotopic (exact) mass is 375 g/mol. The molecule has 142 valence electrons. The number of anilines is 1. The van der Waals surface area contributed by atoms with E-state index >= 15 is 0 Å². The number of carboxylic acid groups (broad SMARTS) is 1. The molecule has 5 heteroatoms. The standard InChI is InChI=1S/C23H21NO4/c1-16(28-24(2)21-14-12-20(13-15-21)23(26)27)22(25)19-10-8-18(9-11-19)17-6-4-3-5-7-17/h3-16H,1-2H3,(H,26,27). The van der Waals surface area contributed by atoms with E-state index in [0.29, 0.717) is 11.3 Å². The summed E-state index contributed by atoms with van der Waals surface area (Å²) in [5, 5.41) is 10.4. The van der Waals surface area contributed by atoms with E-state index in [0.717, 1.165) is 11.1 Å². The third kappa shape index (κ3) is 4.45. The minimum atomic E-state index is -0.988. The number of ketones is 1. The summed E-state index contributed by atoms with van der Waals surface area (Å²) in [4.78, 5) is 29.3. The molecule has 3 rings (SSSR count). The fourth-order valence-electron chi connectivity index (χ4n) is 2.85. The average Bonchev–Trinajstić information content (AvgIpc) is 2.74. The molecule has 0 aliphatic carbocycles. The number of nitrogens with zero attached hydrogens (tertiary/aromatic N) is 1. The number of carboxylic acids is 1. The minimum Gasteiger partial charge on any atom is -0.478 e. The molecule has 0 aliphatic heterocycles. The van der Waals surface area contributed by atoms with Crippen LogP contribution in [0.4, 0.5) is 5.69 Å². The van der Waals surface area contributed by atoms with Crippen molar-refractivity contribution in [2.24, 2.45) is 0 Å². The van der Waals surface area contributed by atoms with Gasteiger partial charge in [-0.15, -0.1) is 0 Å². The summed E-state index contributed by atoms with van der Waals surface area (Å²) in [6, 6.07) is 23.6. The Balaban J connectivity index is 1.66. The number of benzene rings is 3. The van der Waals surface area contributed by atoms with Crippen molar-refractivity contribution in [1.29, 1.82) is 0 Å². The second-order valence-corrected chi connectivity index (χ2v) is 6.40. The third-order valence-corrected chi connectivity index (χ3v) is 4.44. The van der Waals surface area contributed by atoms with E-state index in [1.54, 1.807) is 38.2 Å². The molecule has 0 saturated carbocycles. The SMILES string of the molecule is CC(ON(C)c1ccc(C(=O)O)cc1)C(=O)c1ccc(-c2ccccc2)cc1. The van der Waals surface area contributed by atoms with Crippen LogP contribution in [0.2, 0.25) is 0 Å². The van der Waals surface area contributed by atoms with Gasteiger partial charge in [-0.3, -0.25) is 14.7 Å². The first-order valence-electron chi connectivity index (χ1n) is 8.89. The molecular formula is C23H21NO4. The number of hydrogen-bond acceptors (Lipinski definition) is 4. The quantitative estimate of drug-likeness (QED) is 0.479. The molecule has 5 nitrogen and oxygen atoms in total. The van der Waals surface area contributed by atoms with Crippen LogP contribution in [0.1, 0.15) is 27.6 Å². The molecule has 0 saturated heterocycles. The Morgan fingerprint density at radius 1 is 0.821 bits per heavy atom. The molecule has 0 aliphatic rings. The Labute approximate surface area is 163 Å². The van der Waals surface area contributed by atoms with Gasteiger partial charge in [0.1, 0.15) is 6.10 Å². The fraction of sp³-hybridized carbons (Fsp3) is 0.130. The lowest BCUT2D eigenvalue weighted by Crippen LogP contribution is -2.30. The zero-order chi connectivity index (χ0) is 20.1. The van der Waals surface area contributed by atoms with Crippen molar-refractivity contribution in [3.8, 4) is 11.1 Å². The zero-order valence-corrected chi connectivity index (χ0v) is 15.7. The highest BCUT2D eigenvalue weighted by molar-refractivity contribution is 5.99. The van der Waals surface area contributed by atoms with E-state index in [9.17, 15) is 9.59 Å². The van der Waals surface area contributed by atoms with Crippen molar-refractivity contribution in [3.63, 3.8) is 0 Å². The second kappa shape index (κ2) is 8.50. The maximum absolute atomic E-state index is 12.7. The Morgan fingerprint density at radius 2 is 1.36 bits per heavy atom. The van der Waals surface area contributed by atoms with Crippen molar-refractivity contribution in [2.45, 2.75) is 13.0 Å². The summed E-state index contributed by atoms with van der Waals surface area (Å²) in [5.41, 5.74) is 3.56. The van der Waals surface area contributed by atoms with Crippen LogP contribution in [-0.2, 0) is 4.84 Å². The van der Waals surface area contributed by atoms with Gasteiger partial charge in [0.2, 0.25) is 0 Å². The lowest BCUT2D eigenvalue weighted by atomic mass is 10.0. The first-order chi connectivity index (χ1) is 13.5. The van der Waals surface area contributed by atoms with Crippen LogP contribution in [0.15, 0.2) is 78.9 Å². The normalized spacial score (nSPS) is 11.6. The van der Waals surface area contributed by atoms with Crippen LogP contribution in [-0.4, -0.2) is 30.0 Å². The number of aromatic carboxylic acids is 1. The molecule has 1 atom stereocenters.